The Morgan fingerprint density at radius 1 is 1.07 bits per heavy atom. The number of fused-ring (bicyclic) bond motifs is 1. The first-order valence-electron chi connectivity index (χ1n) is 9.60. The van der Waals surface area contributed by atoms with Crippen molar-refractivity contribution >= 4 is 17.5 Å². The zero-order chi connectivity index (χ0) is 19.2. The average Bonchev–Trinajstić information content (AvgIpc) is 3.26. The highest BCUT2D eigenvalue weighted by molar-refractivity contribution is 6.00. The van der Waals surface area contributed by atoms with Gasteiger partial charge < -0.3 is 9.80 Å². The van der Waals surface area contributed by atoms with Gasteiger partial charge in [0.15, 0.2) is 0 Å². The van der Waals surface area contributed by atoms with Crippen LogP contribution in [0.1, 0.15) is 36.8 Å². The molecule has 7 heteroatoms. The van der Waals surface area contributed by atoms with Gasteiger partial charge in [-0.2, -0.15) is 13.2 Å². The molecule has 1 aliphatic carbocycles. The molecule has 0 spiro atoms. The largest absolute Gasteiger partial charge is 0.393 e. The topological polar surface area (TPSA) is 40.6 Å². The van der Waals surface area contributed by atoms with E-state index in [0.29, 0.717) is 13.0 Å². The van der Waals surface area contributed by atoms with Crippen LogP contribution >= 0.6 is 0 Å². The summed E-state index contributed by atoms with van der Waals surface area (Å²) in [6.45, 7) is 0.310. The minimum Gasteiger partial charge on any atom is -0.342 e. The monoisotopic (exact) mass is 380 g/mol. The molecule has 1 aromatic rings. The van der Waals surface area contributed by atoms with Crippen molar-refractivity contribution in [1.29, 1.82) is 0 Å². The van der Waals surface area contributed by atoms with Gasteiger partial charge in [-0.25, -0.2) is 0 Å². The third-order valence-corrected chi connectivity index (χ3v) is 6.06. The molecule has 0 saturated carbocycles. The molecular weight excluding hydrogens is 357 g/mol. The second-order valence-corrected chi connectivity index (χ2v) is 7.88. The fourth-order valence-electron chi connectivity index (χ4n) is 4.55. The van der Waals surface area contributed by atoms with Crippen LogP contribution in [0, 0.1) is 11.8 Å². The highest BCUT2D eigenvalue weighted by Crippen LogP contribution is 2.35. The lowest BCUT2D eigenvalue weighted by atomic mass is 9.96. The Kier molecular flexibility index (Phi) is 4.64. The van der Waals surface area contributed by atoms with Gasteiger partial charge >= 0.3 is 6.18 Å². The summed E-state index contributed by atoms with van der Waals surface area (Å²) in [6, 6.07) is 5.97. The molecule has 0 radical (unpaired) electrons. The molecule has 146 valence electrons. The number of carbonyl (C=O) groups excluding carboxylic acids is 2. The summed E-state index contributed by atoms with van der Waals surface area (Å²) in [4.78, 5) is 28.2. The third-order valence-electron chi connectivity index (χ3n) is 6.06. The molecule has 0 bridgehead atoms. The number of amides is 2. The summed E-state index contributed by atoms with van der Waals surface area (Å²) >= 11 is 0. The second-order valence-electron chi connectivity index (χ2n) is 7.88. The Bertz CT molecular complexity index is 762. The molecule has 2 fully saturated rings. The first kappa shape index (κ1) is 18.3. The van der Waals surface area contributed by atoms with Crippen LogP contribution in [0.4, 0.5) is 18.9 Å². The Morgan fingerprint density at radius 2 is 1.85 bits per heavy atom. The van der Waals surface area contributed by atoms with E-state index in [4.69, 9.17) is 0 Å². The Hall–Kier alpha value is -2.05. The number of rotatable bonds is 2. The standard InChI is InChI=1S/C20H23F3N2O2/c21-20(22,23)16-5-2-8-24(12-16)19(27)15-10-18(26)25(11-15)17-7-6-13-3-1-4-14(13)9-17/h6-7,9,15-16H,1-5,8,10-12H2/t15-,16+/m0/s1. The van der Waals surface area contributed by atoms with E-state index in [1.165, 1.54) is 16.0 Å². The molecule has 0 unspecified atom stereocenters. The quantitative estimate of drug-likeness (QED) is 0.790. The normalized spacial score (nSPS) is 25.8. The lowest BCUT2D eigenvalue weighted by Crippen LogP contribution is -2.47. The number of piperidine rings is 1. The summed E-state index contributed by atoms with van der Waals surface area (Å²) in [6.07, 6.45) is -0.614. The van der Waals surface area contributed by atoms with Crippen molar-refractivity contribution in [2.75, 3.05) is 24.5 Å². The minimum absolute atomic E-state index is 0.0676. The van der Waals surface area contributed by atoms with Gasteiger partial charge in [-0.15, -0.1) is 0 Å². The highest BCUT2D eigenvalue weighted by atomic mass is 19.4. The van der Waals surface area contributed by atoms with E-state index in [-0.39, 0.29) is 37.7 Å². The molecule has 0 aromatic heterocycles. The number of anilines is 1. The molecule has 3 aliphatic rings. The lowest BCUT2D eigenvalue weighted by molar-refractivity contribution is -0.188. The molecule has 27 heavy (non-hydrogen) atoms. The number of carbonyl (C=O) groups is 2. The zero-order valence-electron chi connectivity index (χ0n) is 15.1. The number of halogens is 3. The van der Waals surface area contributed by atoms with Gasteiger partial charge in [-0.3, -0.25) is 9.59 Å². The van der Waals surface area contributed by atoms with E-state index >= 15 is 0 Å². The SMILES string of the molecule is O=C([C@H]1CC(=O)N(c2ccc3c(c2)CCC3)C1)N1CCC[C@@H](C(F)(F)F)C1. The predicted molar refractivity (Wildman–Crippen MR) is 94.3 cm³/mol. The van der Waals surface area contributed by atoms with Crippen molar-refractivity contribution in [2.45, 2.75) is 44.7 Å². The number of hydrogen-bond donors (Lipinski definition) is 0. The van der Waals surface area contributed by atoms with Crippen molar-refractivity contribution in [3.63, 3.8) is 0 Å². The van der Waals surface area contributed by atoms with Crippen molar-refractivity contribution in [2.24, 2.45) is 11.8 Å². The number of aryl methyl sites for hydroxylation is 2. The molecule has 2 aliphatic heterocycles. The summed E-state index contributed by atoms with van der Waals surface area (Å²) < 4.78 is 39.0. The number of benzene rings is 1. The van der Waals surface area contributed by atoms with Crippen LogP contribution in [0.15, 0.2) is 18.2 Å². The highest BCUT2D eigenvalue weighted by Gasteiger charge is 2.45. The number of alkyl halides is 3. The fourth-order valence-corrected chi connectivity index (χ4v) is 4.55. The minimum atomic E-state index is -4.28. The van der Waals surface area contributed by atoms with Gasteiger partial charge in [-0.05, 0) is 55.4 Å². The van der Waals surface area contributed by atoms with Crippen LogP contribution < -0.4 is 4.90 Å². The fraction of sp³-hybridized carbons (Fsp3) is 0.600. The molecule has 0 N–H and O–H groups in total. The number of likely N-dealkylation sites (tertiary alicyclic amines) is 1. The smallest absolute Gasteiger partial charge is 0.342 e. The van der Waals surface area contributed by atoms with Crippen molar-refractivity contribution < 1.29 is 22.8 Å². The van der Waals surface area contributed by atoms with E-state index in [0.717, 1.165) is 24.9 Å². The molecule has 4 rings (SSSR count). The van der Waals surface area contributed by atoms with Crippen LogP contribution in [0.5, 0.6) is 0 Å². The van der Waals surface area contributed by atoms with Gasteiger partial charge in [0.1, 0.15) is 0 Å². The van der Waals surface area contributed by atoms with E-state index < -0.39 is 18.0 Å². The van der Waals surface area contributed by atoms with Gasteiger partial charge in [-0.1, -0.05) is 6.07 Å². The maximum Gasteiger partial charge on any atom is 0.393 e. The van der Waals surface area contributed by atoms with Gasteiger partial charge in [0.25, 0.3) is 0 Å². The first-order valence-corrected chi connectivity index (χ1v) is 9.60. The summed E-state index contributed by atoms with van der Waals surface area (Å²) in [5.74, 6) is -2.46. The number of hydrogen-bond acceptors (Lipinski definition) is 2. The van der Waals surface area contributed by atoms with Crippen molar-refractivity contribution in [3.8, 4) is 0 Å². The summed E-state index contributed by atoms with van der Waals surface area (Å²) in [7, 11) is 0. The molecule has 2 heterocycles. The second kappa shape index (κ2) is 6.84. The molecule has 4 nitrogen and oxygen atoms in total. The molecule has 1 aromatic carbocycles. The van der Waals surface area contributed by atoms with Crippen LogP contribution in [-0.2, 0) is 22.4 Å². The molecule has 2 atom stereocenters. The molecular formula is C20H23F3N2O2. The van der Waals surface area contributed by atoms with Crippen LogP contribution in [0.25, 0.3) is 0 Å². The van der Waals surface area contributed by atoms with E-state index in [2.05, 4.69) is 0 Å². The first-order chi connectivity index (χ1) is 12.8. The summed E-state index contributed by atoms with van der Waals surface area (Å²) in [5.41, 5.74) is 3.35. The van der Waals surface area contributed by atoms with Crippen LogP contribution in [0.2, 0.25) is 0 Å². The predicted octanol–water partition coefficient (Wildman–Crippen LogP) is 3.33. The number of nitrogens with zero attached hydrogens (tertiary/aromatic N) is 2. The van der Waals surface area contributed by atoms with Crippen LogP contribution in [0.3, 0.4) is 0 Å². The summed E-state index contributed by atoms with van der Waals surface area (Å²) in [5, 5.41) is 0. The van der Waals surface area contributed by atoms with Crippen molar-refractivity contribution in [3.05, 3.63) is 29.3 Å². The maximum absolute atomic E-state index is 13.0. The molecule has 2 saturated heterocycles. The van der Waals surface area contributed by atoms with Crippen molar-refractivity contribution in [1.82, 2.24) is 4.90 Å². The van der Waals surface area contributed by atoms with Gasteiger partial charge in [0.05, 0.1) is 11.8 Å². The third kappa shape index (κ3) is 3.56. The van der Waals surface area contributed by atoms with E-state index in [1.807, 2.05) is 18.2 Å². The van der Waals surface area contributed by atoms with Crippen LogP contribution in [-0.4, -0.2) is 42.5 Å². The average molecular weight is 380 g/mol. The lowest BCUT2D eigenvalue weighted by Gasteiger charge is -2.35. The molecule has 2 amide bonds. The van der Waals surface area contributed by atoms with Gasteiger partial charge in [0.2, 0.25) is 11.8 Å². The Morgan fingerprint density at radius 3 is 2.63 bits per heavy atom. The van der Waals surface area contributed by atoms with E-state index in [9.17, 15) is 22.8 Å². The maximum atomic E-state index is 13.0. The Labute approximate surface area is 156 Å². The zero-order valence-corrected chi connectivity index (χ0v) is 15.1. The van der Waals surface area contributed by atoms with E-state index in [1.54, 1.807) is 4.90 Å². The Balaban J connectivity index is 1.45. The van der Waals surface area contributed by atoms with Gasteiger partial charge in [0, 0.05) is 31.7 Å².